The van der Waals surface area contributed by atoms with E-state index in [2.05, 4.69) is 4.98 Å². The van der Waals surface area contributed by atoms with E-state index in [9.17, 15) is 4.79 Å². The lowest BCUT2D eigenvalue weighted by molar-refractivity contribution is 0.101. The maximum atomic E-state index is 13.0. The minimum Gasteiger partial charge on any atom is -0.461 e. The predicted octanol–water partition coefficient (Wildman–Crippen LogP) is 6.04. The molecule has 0 amide bonds. The molecule has 5 heteroatoms. The zero-order chi connectivity index (χ0) is 17.4. The van der Waals surface area contributed by atoms with Crippen molar-refractivity contribution in [2.24, 2.45) is 0 Å². The molecule has 0 saturated heterocycles. The Balaban J connectivity index is 2.13. The van der Waals surface area contributed by atoms with E-state index in [0.29, 0.717) is 15.2 Å². The second kappa shape index (κ2) is 6.31. The third kappa shape index (κ3) is 2.80. The highest BCUT2D eigenvalue weighted by atomic mass is 35.5. The summed E-state index contributed by atoms with van der Waals surface area (Å²) in [7, 11) is 0. The van der Waals surface area contributed by atoms with Crippen molar-refractivity contribution < 1.29 is 9.21 Å². The van der Waals surface area contributed by atoms with Gasteiger partial charge in [0.15, 0.2) is 5.76 Å². The third-order valence-corrected chi connectivity index (χ3v) is 4.55. The quantitative estimate of drug-likeness (QED) is 0.355. The van der Waals surface area contributed by atoms with Crippen LogP contribution in [0, 0.1) is 4.64 Å². The van der Waals surface area contributed by atoms with Crippen molar-refractivity contribution in [2.75, 3.05) is 0 Å². The summed E-state index contributed by atoms with van der Waals surface area (Å²) in [6, 6.07) is 18.5. The number of aromatic nitrogens is 1. The van der Waals surface area contributed by atoms with Crippen molar-refractivity contribution >= 4 is 40.5 Å². The largest absolute Gasteiger partial charge is 0.461 e. The first-order chi connectivity index (χ1) is 12.1. The van der Waals surface area contributed by atoms with Crippen molar-refractivity contribution in [3.8, 4) is 11.1 Å². The molecule has 4 aromatic rings. The van der Waals surface area contributed by atoms with Gasteiger partial charge in [-0.05, 0) is 35.9 Å². The highest BCUT2D eigenvalue weighted by Gasteiger charge is 2.22. The molecule has 2 aromatic carbocycles. The highest BCUT2D eigenvalue weighted by Crippen LogP contribution is 2.34. The minimum atomic E-state index is -0.257. The topological polar surface area (TPSA) is 46.0 Å². The Bertz CT molecular complexity index is 1130. The van der Waals surface area contributed by atoms with Crippen molar-refractivity contribution in [1.82, 2.24) is 4.98 Å². The Morgan fingerprint density at radius 1 is 1.04 bits per heavy atom. The van der Waals surface area contributed by atoms with Crippen LogP contribution >= 0.6 is 23.8 Å². The van der Waals surface area contributed by atoms with Crippen LogP contribution in [0.25, 0.3) is 22.0 Å². The van der Waals surface area contributed by atoms with Gasteiger partial charge in [-0.1, -0.05) is 54.2 Å². The number of ketones is 1. The van der Waals surface area contributed by atoms with Gasteiger partial charge < -0.3 is 9.40 Å². The van der Waals surface area contributed by atoms with Crippen LogP contribution in [0.5, 0.6) is 0 Å². The number of carbonyl (C=O) groups excluding carboxylic acids is 1. The van der Waals surface area contributed by atoms with Crippen LogP contribution in [0.1, 0.15) is 16.1 Å². The monoisotopic (exact) mass is 365 g/mol. The number of halogens is 1. The van der Waals surface area contributed by atoms with E-state index in [4.69, 9.17) is 28.2 Å². The van der Waals surface area contributed by atoms with Crippen molar-refractivity contribution in [2.45, 2.75) is 0 Å². The number of carbonyl (C=O) groups is 1. The molecule has 0 atom stereocenters. The average molecular weight is 366 g/mol. The number of furan rings is 1. The van der Waals surface area contributed by atoms with E-state index >= 15 is 0 Å². The molecule has 2 heterocycles. The van der Waals surface area contributed by atoms with Crippen LogP contribution in [0.15, 0.2) is 71.3 Å². The zero-order valence-electron chi connectivity index (χ0n) is 13.0. The van der Waals surface area contributed by atoms with E-state index in [-0.39, 0.29) is 11.5 Å². The third-order valence-electron chi connectivity index (χ3n) is 4.01. The molecule has 4 rings (SSSR count). The number of rotatable bonds is 3. The molecule has 0 fully saturated rings. The summed E-state index contributed by atoms with van der Waals surface area (Å²) in [6.45, 7) is 0. The second-order valence-electron chi connectivity index (χ2n) is 5.57. The van der Waals surface area contributed by atoms with Gasteiger partial charge >= 0.3 is 0 Å². The van der Waals surface area contributed by atoms with E-state index < -0.39 is 0 Å². The van der Waals surface area contributed by atoms with Crippen LogP contribution in [0.4, 0.5) is 0 Å². The van der Waals surface area contributed by atoms with Gasteiger partial charge in [0.25, 0.3) is 0 Å². The summed E-state index contributed by atoms with van der Waals surface area (Å²) in [5.74, 6) is -0.00922. The van der Waals surface area contributed by atoms with Gasteiger partial charge in [-0.2, -0.15) is 0 Å². The SMILES string of the molecule is O=C(c1ccco1)c1c(-c2ccccc2)c2cc(Cl)ccc2[nH]c1=S. The Labute approximate surface area is 153 Å². The zero-order valence-corrected chi connectivity index (χ0v) is 14.5. The second-order valence-corrected chi connectivity index (χ2v) is 6.41. The number of H-pyrrole nitrogens is 1. The first kappa shape index (κ1) is 15.8. The molecule has 1 N–H and O–H groups in total. The molecule has 0 aliphatic rings. The lowest BCUT2D eigenvalue weighted by Crippen LogP contribution is -2.06. The van der Waals surface area contributed by atoms with Crippen molar-refractivity contribution in [3.63, 3.8) is 0 Å². The Hall–Kier alpha value is -2.69. The lowest BCUT2D eigenvalue weighted by atomic mass is 9.93. The minimum absolute atomic E-state index is 0.248. The summed E-state index contributed by atoms with van der Waals surface area (Å²) >= 11 is 11.7. The van der Waals surface area contributed by atoms with Gasteiger partial charge in [-0.15, -0.1) is 0 Å². The summed E-state index contributed by atoms with van der Waals surface area (Å²) in [4.78, 5) is 16.2. The fraction of sp³-hybridized carbons (Fsp3) is 0. The summed E-state index contributed by atoms with van der Waals surface area (Å²) in [5, 5.41) is 1.42. The Kier molecular flexibility index (Phi) is 3.99. The van der Waals surface area contributed by atoms with Crippen LogP contribution in [-0.2, 0) is 0 Å². The van der Waals surface area contributed by atoms with Gasteiger partial charge in [0.05, 0.1) is 11.8 Å². The molecule has 0 aliphatic heterocycles. The van der Waals surface area contributed by atoms with E-state index in [0.717, 1.165) is 22.0 Å². The van der Waals surface area contributed by atoms with Gasteiger partial charge in [0, 0.05) is 21.5 Å². The smallest absolute Gasteiger partial charge is 0.231 e. The molecule has 0 saturated carbocycles. The van der Waals surface area contributed by atoms with Crippen LogP contribution in [-0.4, -0.2) is 10.8 Å². The van der Waals surface area contributed by atoms with Crippen LogP contribution < -0.4 is 0 Å². The highest BCUT2D eigenvalue weighted by molar-refractivity contribution is 7.71. The predicted molar refractivity (Wildman–Crippen MR) is 102 cm³/mol. The number of hydrogen-bond acceptors (Lipinski definition) is 3. The van der Waals surface area contributed by atoms with Crippen LogP contribution in [0.2, 0.25) is 5.02 Å². The van der Waals surface area contributed by atoms with E-state index in [1.54, 1.807) is 18.2 Å². The number of nitrogens with one attached hydrogen (secondary N) is 1. The standard InChI is InChI=1S/C20H12ClNO2S/c21-13-8-9-15-14(11-13)17(12-5-2-1-3-6-12)18(20(25)22-15)19(23)16-7-4-10-24-16/h1-11H,(H,22,25). The maximum Gasteiger partial charge on any atom is 0.231 e. The summed E-state index contributed by atoms with van der Waals surface area (Å²) < 4.78 is 5.67. The van der Waals surface area contributed by atoms with E-state index in [1.807, 2.05) is 42.5 Å². The first-order valence-electron chi connectivity index (χ1n) is 7.64. The normalized spacial score (nSPS) is 10.9. The van der Waals surface area contributed by atoms with Crippen LogP contribution in [0.3, 0.4) is 0 Å². The Morgan fingerprint density at radius 3 is 2.56 bits per heavy atom. The van der Waals surface area contributed by atoms with Gasteiger partial charge in [0.2, 0.25) is 5.78 Å². The fourth-order valence-electron chi connectivity index (χ4n) is 2.92. The summed E-state index contributed by atoms with van der Waals surface area (Å²) in [6.07, 6.45) is 1.47. The molecule has 0 radical (unpaired) electrons. The van der Waals surface area contributed by atoms with Gasteiger partial charge in [-0.25, -0.2) is 0 Å². The molecule has 122 valence electrons. The fourth-order valence-corrected chi connectivity index (χ4v) is 3.39. The van der Waals surface area contributed by atoms with E-state index in [1.165, 1.54) is 6.26 Å². The maximum absolute atomic E-state index is 13.0. The molecule has 25 heavy (non-hydrogen) atoms. The molecular weight excluding hydrogens is 354 g/mol. The number of hydrogen-bond donors (Lipinski definition) is 1. The van der Waals surface area contributed by atoms with Crippen molar-refractivity contribution in [1.29, 1.82) is 0 Å². The average Bonchev–Trinajstić information content (AvgIpc) is 3.16. The number of fused-ring (bicyclic) bond motifs is 1. The molecular formula is C20H12ClNO2S. The Morgan fingerprint density at radius 2 is 1.84 bits per heavy atom. The molecule has 2 aromatic heterocycles. The number of pyridine rings is 1. The number of aromatic amines is 1. The molecule has 0 spiro atoms. The van der Waals surface area contributed by atoms with Gasteiger partial charge in [0.1, 0.15) is 4.64 Å². The molecule has 0 aliphatic carbocycles. The molecule has 0 unspecified atom stereocenters. The molecule has 3 nitrogen and oxygen atoms in total. The number of benzene rings is 2. The first-order valence-corrected chi connectivity index (χ1v) is 8.43. The summed E-state index contributed by atoms with van der Waals surface area (Å²) in [5.41, 5.74) is 2.88. The molecule has 0 bridgehead atoms. The van der Waals surface area contributed by atoms with Gasteiger partial charge in [-0.3, -0.25) is 4.79 Å². The lowest BCUT2D eigenvalue weighted by Gasteiger charge is -2.13. The van der Waals surface area contributed by atoms with Crippen molar-refractivity contribution in [3.05, 3.63) is 87.9 Å².